The Balaban J connectivity index is 0.000001000. The van der Waals surface area contributed by atoms with Crippen molar-refractivity contribution in [3.05, 3.63) is 28.5 Å². The van der Waals surface area contributed by atoms with Crippen LogP contribution in [0.3, 0.4) is 0 Å². The van der Waals surface area contributed by atoms with Crippen molar-refractivity contribution < 1.29 is 0 Å². The van der Waals surface area contributed by atoms with Gasteiger partial charge in [0.1, 0.15) is 0 Å². The average Bonchev–Trinajstić information content (AvgIpc) is 1.88. The first kappa shape index (κ1) is 10.9. The maximum absolute atomic E-state index is 5.62. The molecule has 4 heteroatoms. The fraction of sp³-hybridized carbons (Fsp3) is 0.286. The molecule has 0 saturated carbocycles. The van der Waals surface area contributed by atoms with Gasteiger partial charge in [-0.25, -0.2) is 0 Å². The molecule has 0 amide bonds. The predicted molar refractivity (Wildman–Crippen MR) is 51.8 cm³/mol. The number of halogens is 2. The normalized spacial score (nSPS) is 11.9. The zero-order valence-corrected chi connectivity index (χ0v) is 8.52. The highest BCUT2D eigenvalue weighted by Crippen LogP contribution is 2.13. The van der Waals surface area contributed by atoms with Crippen LogP contribution in [-0.2, 0) is 0 Å². The van der Waals surface area contributed by atoms with Gasteiger partial charge in [0.2, 0.25) is 0 Å². The minimum absolute atomic E-state index is 0. The molecular formula is C7H10BrClN2. The van der Waals surface area contributed by atoms with Gasteiger partial charge in [0.15, 0.2) is 0 Å². The monoisotopic (exact) mass is 236 g/mol. The van der Waals surface area contributed by atoms with E-state index >= 15 is 0 Å². The lowest BCUT2D eigenvalue weighted by atomic mass is 10.2. The van der Waals surface area contributed by atoms with E-state index in [0.717, 1.165) is 10.0 Å². The second-order valence-corrected chi connectivity index (χ2v) is 3.14. The van der Waals surface area contributed by atoms with Crippen LogP contribution >= 0.6 is 28.3 Å². The first-order chi connectivity index (χ1) is 4.70. The van der Waals surface area contributed by atoms with E-state index < -0.39 is 0 Å². The van der Waals surface area contributed by atoms with Crippen molar-refractivity contribution in [2.45, 2.75) is 13.0 Å². The summed E-state index contributed by atoms with van der Waals surface area (Å²) in [5.74, 6) is 0. The molecule has 0 fully saturated rings. The van der Waals surface area contributed by atoms with Crippen LogP contribution in [0.1, 0.15) is 18.5 Å². The summed E-state index contributed by atoms with van der Waals surface area (Å²) < 4.78 is 0.974. The Bertz CT molecular complexity index is 227. The number of rotatable bonds is 1. The van der Waals surface area contributed by atoms with Crippen molar-refractivity contribution in [1.82, 2.24) is 4.98 Å². The molecule has 1 aromatic heterocycles. The van der Waals surface area contributed by atoms with Crippen LogP contribution in [-0.4, -0.2) is 4.98 Å². The Morgan fingerprint density at radius 2 is 2.18 bits per heavy atom. The van der Waals surface area contributed by atoms with Crippen LogP contribution in [0.5, 0.6) is 0 Å². The molecule has 0 bridgehead atoms. The molecule has 0 aliphatic carbocycles. The van der Waals surface area contributed by atoms with Crippen LogP contribution in [0, 0.1) is 0 Å². The largest absolute Gasteiger partial charge is 0.324 e. The van der Waals surface area contributed by atoms with E-state index in [1.165, 1.54) is 0 Å². The number of aromatic nitrogens is 1. The van der Waals surface area contributed by atoms with E-state index in [-0.39, 0.29) is 18.4 Å². The molecular weight excluding hydrogens is 227 g/mol. The summed E-state index contributed by atoms with van der Waals surface area (Å²) in [4.78, 5) is 3.98. The lowest BCUT2D eigenvalue weighted by Crippen LogP contribution is -2.04. The summed E-state index contributed by atoms with van der Waals surface area (Å²) in [5, 5.41) is 0. The quantitative estimate of drug-likeness (QED) is 0.814. The van der Waals surface area contributed by atoms with Crippen LogP contribution in [0.15, 0.2) is 22.9 Å². The minimum atomic E-state index is 0. The van der Waals surface area contributed by atoms with Crippen molar-refractivity contribution >= 4 is 28.3 Å². The lowest BCUT2D eigenvalue weighted by molar-refractivity contribution is 0.810. The van der Waals surface area contributed by atoms with E-state index in [9.17, 15) is 0 Å². The molecule has 0 unspecified atom stereocenters. The molecule has 1 heterocycles. The second-order valence-electron chi connectivity index (χ2n) is 2.23. The number of nitrogens with two attached hydrogens (primary N) is 1. The van der Waals surface area contributed by atoms with Gasteiger partial charge in [-0.15, -0.1) is 12.4 Å². The molecule has 0 radical (unpaired) electrons. The first-order valence-corrected chi connectivity index (χ1v) is 3.85. The summed E-state index contributed by atoms with van der Waals surface area (Å²) in [6.07, 6.45) is 3.52. The van der Waals surface area contributed by atoms with E-state index in [0.29, 0.717) is 0 Å². The predicted octanol–water partition coefficient (Wildman–Crippen LogP) is 2.29. The fourth-order valence-corrected chi connectivity index (χ4v) is 1.06. The number of hydrogen-bond acceptors (Lipinski definition) is 2. The summed E-state index contributed by atoms with van der Waals surface area (Å²) in [5.41, 5.74) is 6.67. The van der Waals surface area contributed by atoms with Crippen molar-refractivity contribution in [2.75, 3.05) is 0 Å². The van der Waals surface area contributed by atoms with Gasteiger partial charge in [-0.05, 0) is 34.5 Å². The Morgan fingerprint density at radius 1 is 1.55 bits per heavy atom. The zero-order chi connectivity index (χ0) is 7.56. The second kappa shape index (κ2) is 4.70. The third-order valence-electron chi connectivity index (χ3n) is 1.25. The highest BCUT2D eigenvalue weighted by Gasteiger charge is 1.98. The van der Waals surface area contributed by atoms with Gasteiger partial charge in [-0.1, -0.05) is 0 Å². The summed E-state index contributed by atoms with van der Waals surface area (Å²) >= 11 is 3.31. The van der Waals surface area contributed by atoms with Crippen molar-refractivity contribution in [3.8, 4) is 0 Å². The SMILES string of the molecule is C[C@@H](N)c1cncc(Br)c1.Cl. The maximum Gasteiger partial charge on any atom is 0.0410 e. The first-order valence-electron chi connectivity index (χ1n) is 3.06. The van der Waals surface area contributed by atoms with Crippen molar-refractivity contribution in [1.29, 1.82) is 0 Å². The van der Waals surface area contributed by atoms with Gasteiger partial charge < -0.3 is 5.73 Å². The van der Waals surface area contributed by atoms with E-state index in [1.807, 2.05) is 13.0 Å². The minimum Gasteiger partial charge on any atom is -0.324 e. The summed E-state index contributed by atoms with van der Waals surface area (Å²) in [6.45, 7) is 1.93. The molecule has 0 aliphatic heterocycles. The van der Waals surface area contributed by atoms with Gasteiger partial charge in [-0.2, -0.15) is 0 Å². The number of nitrogens with zero attached hydrogens (tertiary/aromatic N) is 1. The fourth-order valence-electron chi connectivity index (χ4n) is 0.677. The molecule has 2 nitrogen and oxygen atoms in total. The van der Waals surface area contributed by atoms with Crippen molar-refractivity contribution in [3.63, 3.8) is 0 Å². The number of hydrogen-bond donors (Lipinski definition) is 1. The van der Waals surface area contributed by atoms with Crippen LogP contribution in [0.2, 0.25) is 0 Å². The molecule has 2 N–H and O–H groups in total. The van der Waals surface area contributed by atoms with E-state index in [1.54, 1.807) is 12.4 Å². The lowest BCUT2D eigenvalue weighted by Gasteiger charge is -2.03. The molecule has 0 spiro atoms. The topological polar surface area (TPSA) is 38.9 Å². The molecule has 1 rings (SSSR count). The van der Waals surface area contributed by atoms with Gasteiger partial charge in [-0.3, -0.25) is 4.98 Å². The summed E-state index contributed by atoms with van der Waals surface area (Å²) in [6, 6.07) is 2.03. The molecule has 0 saturated heterocycles. The molecule has 1 atom stereocenters. The standard InChI is InChI=1S/C7H9BrN2.ClH/c1-5(9)6-2-7(8)4-10-3-6;/h2-5H,9H2,1H3;1H/t5-;/m1./s1. The van der Waals surface area contributed by atoms with Gasteiger partial charge in [0, 0.05) is 22.9 Å². The molecule has 0 aliphatic rings. The Kier molecular flexibility index (Phi) is 4.65. The molecule has 1 aromatic rings. The average molecular weight is 238 g/mol. The zero-order valence-electron chi connectivity index (χ0n) is 6.12. The van der Waals surface area contributed by atoms with Crippen molar-refractivity contribution in [2.24, 2.45) is 5.73 Å². The molecule has 11 heavy (non-hydrogen) atoms. The Morgan fingerprint density at radius 3 is 2.55 bits per heavy atom. The Labute approximate surface area is 80.7 Å². The smallest absolute Gasteiger partial charge is 0.0410 e. The Hall–Kier alpha value is -0.120. The van der Waals surface area contributed by atoms with Gasteiger partial charge >= 0.3 is 0 Å². The van der Waals surface area contributed by atoms with Crippen LogP contribution in [0.4, 0.5) is 0 Å². The van der Waals surface area contributed by atoms with Crippen LogP contribution < -0.4 is 5.73 Å². The van der Waals surface area contributed by atoms with Crippen LogP contribution in [0.25, 0.3) is 0 Å². The van der Waals surface area contributed by atoms with Gasteiger partial charge in [0.25, 0.3) is 0 Å². The molecule has 0 aromatic carbocycles. The highest BCUT2D eigenvalue weighted by molar-refractivity contribution is 9.10. The van der Waals surface area contributed by atoms with E-state index in [4.69, 9.17) is 5.73 Å². The maximum atomic E-state index is 5.62. The summed E-state index contributed by atoms with van der Waals surface area (Å²) in [7, 11) is 0. The van der Waals surface area contributed by atoms with E-state index in [2.05, 4.69) is 20.9 Å². The third kappa shape index (κ3) is 3.18. The van der Waals surface area contributed by atoms with Gasteiger partial charge in [0.05, 0.1) is 0 Å². The highest BCUT2D eigenvalue weighted by atomic mass is 79.9. The number of pyridine rings is 1. The third-order valence-corrected chi connectivity index (χ3v) is 1.69. The molecule has 62 valence electrons.